The third-order valence-corrected chi connectivity index (χ3v) is 4.08. The van der Waals surface area contributed by atoms with Gasteiger partial charge in [0.15, 0.2) is 0 Å². The van der Waals surface area contributed by atoms with Crippen molar-refractivity contribution in [3.05, 3.63) is 77.6 Å². The Balaban J connectivity index is 1.86. The molecule has 132 valence electrons. The largest absolute Gasteiger partial charge is 0.463 e. The molecule has 0 unspecified atom stereocenters. The summed E-state index contributed by atoms with van der Waals surface area (Å²) in [6.45, 7) is 6.24. The average Bonchev–Trinajstić information content (AvgIpc) is 3.06. The first-order chi connectivity index (χ1) is 12.6. The molecule has 0 bridgehead atoms. The van der Waals surface area contributed by atoms with E-state index in [4.69, 9.17) is 4.74 Å². The molecule has 0 aliphatic rings. The summed E-state index contributed by atoms with van der Waals surface area (Å²) in [7, 11) is 0. The monoisotopic (exact) mass is 346 g/mol. The lowest BCUT2D eigenvalue weighted by Gasteiger charge is -2.09. The van der Waals surface area contributed by atoms with E-state index in [-0.39, 0.29) is 5.97 Å². The van der Waals surface area contributed by atoms with Crippen LogP contribution in [0.2, 0.25) is 0 Å². The Bertz CT molecular complexity index is 954. The van der Waals surface area contributed by atoms with E-state index in [1.165, 1.54) is 6.08 Å². The highest BCUT2D eigenvalue weighted by atomic mass is 16.5. The first kappa shape index (κ1) is 17.7. The maximum Gasteiger partial charge on any atom is 0.330 e. The van der Waals surface area contributed by atoms with E-state index < -0.39 is 0 Å². The third-order valence-electron chi connectivity index (χ3n) is 4.08. The summed E-state index contributed by atoms with van der Waals surface area (Å²) in [6, 6.07) is 16.4. The molecule has 1 aromatic heterocycles. The van der Waals surface area contributed by atoms with Crippen LogP contribution < -0.4 is 0 Å². The fraction of sp³-hybridized carbons (Fsp3) is 0.182. The number of rotatable bonds is 5. The van der Waals surface area contributed by atoms with Gasteiger partial charge in [-0.1, -0.05) is 24.3 Å². The average molecular weight is 346 g/mol. The van der Waals surface area contributed by atoms with Crippen molar-refractivity contribution in [2.75, 3.05) is 6.61 Å². The first-order valence-corrected chi connectivity index (χ1v) is 8.65. The van der Waals surface area contributed by atoms with Crippen molar-refractivity contribution in [3.63, 3.8) is 0 Å². The Morgan fingerprint density at radius 2 is 1.92 bits per heavy atom. The van der Waals surface area contributed by atoms with Gasteiger partial charge in [0.1, 0.15) is 0 Å². The van der Waals surface area contributed by atoms with E-state index in [2.05, 4.69) is 42.4 Å². The van der Waals surface area contributed by atoms with Crippen LogP contribution in [0.25, 0.3) is 22.9 Å². The second-order valence-corrected chi connectivity index (χ2v) is 6.11. The van der Waals surface area contributed by atoms with Crippen molar-refractivity contribution in [1.29, 1.82) is 0 Å². The molecule has 0 atom stereocenters. The molecule has 3 rings (SSSR count). The highest BCUT2D eigenvalue weighted by molar-refractivity contribution is 5.87. The van der Waals surface area contributed by atoms with Gasteiger partial charge in [0.05, 0.1) is 18.0 Å². The number of carbonyl (C=O) groups excluding carboxylic acids is 1. The number of aryl methyl sites for hydroxylation is 2. The molecule has 0 N–H and O–H groups in total. The van der Waals surface area contributed by atoms with Crippen LogP contribution in [0, 0.1) is 13.8 Å². The first-order valence-electron chi connectivity index (χ1n) is 8.65. The lowest BCUT2D eigenvalue weighted by atomic mass is 10.0. The molecule has 0 saturated heterocycles. The quantitative estimate of drug-likeness (QED) is 0.495. The van der Waals surface area contributed by atoms with E-state index in [1.54, 1.807) is 13.0 Å². The smallest absolute Gasteiger partial charge is 0.330 e. The van der Waals surface area contributed by atoms with Gasteiger partial charge in [-0.2, -0.15) is 5.10 Å². The van der Waals surface area contributed by atoms with Gasteiger partial charge in [0, 0.05) is 12.3 Å². The van der Waals surface area contributed by atoms with Crippen LogP contribution in [0.4, 0.5) is 0 Å². The standard InChI is InChI=1S/C22H22N2O2/c1-4-26-22(25)11-8-18-6-5-7-19(15-18)20-9-10-21(16(2)14-20)24-13-12-17(3)23-24/h5-15H,4H2,1-3H3/b11-8+. The molecule has 0 saturated carbocycles. The highest BCUT2D eigenvalue weighted by Gasteiger charge is 2.06. The molecule has 4 heteroatoms. The minimum atomic E-state index is -0.326. The van der Waals surface area contributed by atoms with Crippen LogP contribution in [0.3, 0.4) is 0 Å². The molecule has 0 radical (unpaired) electrons. The second-order valence-electron chi connectivity index (χ2n) is 6.11. The van der Waals surface area contributed by atoms with E-state index in [1.807, 2.05) is 36.0 Å². The SMILES string of the molecule is CCOC(=O)/C=C/c1cccc(-c2ccc(-n3ccc(C)n3)c(C)c2)c1. The maximum absolute atomic E-state index is 11.5. The van der Waals surface area contributed by atoms with Gasteiger partial charge in [0.25, 0.3) is 0 Å². The van der Waals surface area contributed by atoms with Gasteiger partial charge in [-0.15, -0.1) is 0 Å². The predicted octanol–water partition coefficient (Wildman–Crippen LogP) is 4.73. The minimum Gasteiger partial charge on any atom is -0.463 e. The predicted molar refractivity (Wildman–Crippen MR) is 104 cm³/mol. The third kappa shape index (κ3) is 4.09. The van der Waals surface area contributed by atoms with Crippen molar-refractivity contribution in [2.24, 2.45) is 0 Å². The zero-order valence-electron chi connectivity index (χ0n) is 15.3. The van der Waals surface area contributed by atoms with Crippen molar-refractivity contribution in [1.82, 2.24) is 9.78 Å². The van der Waals surface area contributed by atoms with Gasteiger partial charge < -0.3 is 4.74 Å². The molecule has 0 amide bonds. The van der Waals surface area contributed by atoms with Gasteiger partial charge in [-0.3, -0.25) is 0 Å². The van der Waals surface area contributed by atoms with Crippen LogP contribution in [0.1, 0.15) is 23.7 Å². The number of hydrogen-bond donors (Lipinski definition) is 0. The summed E-state index contributed by atoms with van der Waals surface area (Å²) in [6.07, 6.45) is 5.20. The van der Waals surface area contributed by atoms with E-state index in [9.17, 15) is 4.79 Å². The Kier molecular flexibility index (Phi) is 5.32. The molecular weight excluding hydrogens is 324 g/mol. The molecule has 0 fully saturated rings. The lowest BCUT2D eigenvalue weighted by Crippen LogP contribution is -1.98. The molecule has 26 heavy (non-hydrogen) atoms. The number of hydrogen-bond acceptors (Lipinski definition) is 3. The number of aromatic nitrogens is 2. The Morgan fingerprint density at radius 1 is 1.12 bits per heavy atom. The summed E-state index contributed by atoms with van der Waals surface area (Å²) >= 11 is 0. The zero-order valence-corrected chi connectivity index (χ0v) is 15.3. The molecular formula is C22H22N2O2. The fourth-order valence-corrected chi connectivity index (χ4v) is 2.82. The Morgan fingerprint density at radius 3 is 2.62 bits per heavy atom. The molecule has 1 heterocycles. The number of nitrogens with zero attached hydrogens (tertiary/aromatic N) is 2. The van der Waals surface area contributed by atoms with E-state index >= 15 is 0 Å². The van der Waals surface area contributed by atoms with Gasteiger partial charge in [0.2, 0.25) is 0 Å². The normalized spacial score (nSPS) is 11.0. The summed E-state index contributed by atoms with van der Waals surface area (Å²) < 4.78 is 6.81. The lowest BCUT2D eigenvalue weighted by molar-refractivity contribution is -0.137. The van der Waals surface area contributed by atoms with Crippen LogP contribution >= 0.6 is 0 Å². The van der Waals surface area contributed by atoms with Crippen LogP contribution in [-0.2, 0) is 9.53 Å². The topological polar surface area (TPSA) is 44.1 Å². The maximum atomic E-state index is 11.5. The van der Waals surface area contributed by atoms with Crippen molar-refractivity contribution in [3.8, 4) is 16.8 Å². The minimum absolute atomic E-state index is 0.326. The van der Waals surface area contributed by atoms with Crippen molar-refractivity contribution in [2.45, 2.75) is 20.8 Å². The van der Waals surface area contributed by atoms with Gasteiger partial charge >= 0.3 is 5.97 Å². The Hall–Kier alpha value is -3.14. The molecule has 2 aromatic carbocycles. The molecule has 3 aromatic rings. The van der Waals surface area contributed by atoms with Crippen LogP contribution in [0.5, 0.6) is 0 Å². The van der Waals surface area contributed by atoms with E-state index in [0.29, 0.717) is 6.61 Å². The molecule has 0 aliphatic carbocycles. The number of esters is 1. The van der Waals surface area contributed by atoms with E-state index in [0.717, 1.165) is 33.6 Å². The second kappa shape index (κ2) is 7.83. The molecule has 0 spiro atoms. The van der Waals surface area contributed by atoms with Crippen molar-refractivity contribution >= 4 is 12.0 Å². The van der Waals surface area contributed by atoms with Crippen LogP contribution in [-0.4, -0.2) is 22.4 Å². The Labute approximate surface area is 153 Å². The highest BCUT2D eigenvalue weighted by Crippen LogP contribution is 2.25. The molecule has 4 nitrogen and oxygen atoms in total. The summed E-state index contributed by atoms with van der Waals surface area (Å²) in [5, 5.41) is 4.48. The number of carbonyl (C=O) groups is 1. The number of benzene rings is 2. The van der Waals surface area contributed by atoms with Crippen LogP contribution in [0.15, 0.2) is 60.8 Å². The summed E-state index contributed by atoms with van der Waals surface area (Å²) in [5.74, 6) is -0.326. The zero-order chi connectivity index (χ0) is 18.5. The summed E-state index contributed by atoms with van der Waals surface area (Å²) in [4.78, 5) is 11.5. The van der Waals surface area contributed by atoms with Gasteiger partial charge in [-0.25, -0.2) is 9.48 Å². The van der Waals surface area contributed by atoms with Crippen molar-refractivity contribution < 1.29 is 9.53 Å². The fourth-order valence-electron chi connectivity index (χ4n) is 2.82. The number of ether oxygens (including phenoxy) is 1. The molecule has 0 aliphatic heterocycles. The van der Waals surface area contributed by atoms with Gasteiger partial charge in [-0.05, 0) is 73.4 Å². The summed E-state index contributed by atoms with van der Waals surface area (Å²) in [5.41, 5.74) is 6.40.